The lowest BCUT2D eigenvalue weighted by atomic mass is 9.99. The Balaban J connectivity index is 1.67. The molecule has 1 amide bonds. The maximum absolute atomic E-state index is 15.2. The van der Waals surface area contributed by atoms with Gasteiger partial charge in [-0.05, 0) is 25.1 Å². The Kier molecular flexibility index (Phi) is 6.45. The van der Waals surface area contributed by atoms with Crippen molar-refractivity contribution < 1.29 is 31.8 Å². The van der Waals surface area contributed by atoms with Gasteiger partial charge in [-0.15, -0.1) is 0 Å². The first-order valence-electron chi connectivity index (χ1n) is 10.0. The summed E-state index contributed by atoms with van der Waals surface area (Å²) in [5.41, 5.74) is -2.39. The quantitative estimate of drug-likeness (QED) is 0.536. The summed E-state index contributed by atoms with van der Waals surface area (Å²) < 4.78 is 69.3. The van der Waals surface area contributed by atoms with Gasteiger partial charge in [-0.25, -0.2) is 17.6 Å². The monoisotopic (exact) mass is 461 g/mol. The van der Waals surface area contributed by atoms with Crippen LogP contribution in [0, 0.1) is 23.3 Å². The molecule has 2 aromatic carbocycles. The highest BCUT2D eigenvalue weighted by Crippen LogP contribution is 2.35. The maximum Gasteiger partial charge on any atom is 0.258 e. The summed E-state index contributed by atoms with van der Waals surface area (Å²) in [5, 5.41) is 5.62. The average Bonchev–Trinajstić information content (AvgIpc) is 3.29. The number of methoxy groups -OCH3 is 1. The van der Waals surface area contributed by atoms with Crippen molar-refractivity contribution in [3.63, 3.8) is 0 Å². The normalized spacial score (nSPS) is 15.4. The van der Waals surface area contributed by atoms with Gasteiger partial charge in [0.15, 0.2) is 0 Å². The first kappa shape index (κ1) is 22.5. The molecule has 0 radical (unpaired) electrons. The van der Waals surface area contributed by atoms with Crippen LogP contribution in [0.2, 0.25) is 0 Å². The zero-order valence-corrected chi connectivity index (χ0v) is 17.4. The molecule has 3 aromatic rings. The molecule has 1 aliphatic heterocycles. The fraction of sp³-hybridized carbons (Fsp3) is 0.217. The topological polar surface area (TPSA) is 72.5 Å². The van der Waals surface area contributed by atoms with Crippen LogP contribution in [0.3, 0.4) is 0 Å². The Morgan fingerprint density at radius 2 is 1.85 bits per heavy atom. The van der Waals surface area contributed by atoms with E-state index in [4.69, 9.17) is 9.47 Å². The van der Waals surface area contributed by atoms with Crippen LogP contribution in [-0.2, 0) is 0 Å². The second-order valence-corrected chi connectivity index (χ2v) is 7.31. The van der Waals surface area contributed by atoms with Crippen molar-refractivity contribution in [1.29, 1.82) is 0 Å². The molecular weight excluding hydrogens is 442 g/mol. The van der Waals surface area contributed by atoms with Gasteiger partial charge in [0.2, 0.25) is 0 Å². The van der Waals surface area contributed by atoms with Gasteiger partial charge >= 0.3 is 0 Å². The first-order chi connectivity index (χ1) is 15.9. The van der Waals surface area contributed by atoms with Gasteiger partial charge in [0.1, 0.15) is 46.6 Å². The second-order valence-electron chi connectivity index (χ2n) is 7.31. The number of carbonyl (C=O) groups is 1. The number of amides is 1. The molecule has 33 heavy (non-hydrogen) atoms. The summed E-state index contributed by atoms with van der Waals surface area (Å²) >= 11 is 0. The molecule has 1 aliphatic rings. The van der Waals surface area contributed by atoms with Crippen LogP contribution >= 0.6 is 0 Å². The number of hydrogen-bond acceptors (Lipinski definition) is 5. The molecule has 1 aromatic heterocycles. The van der Waals surface area contributed by atoms with Gasteiger partial charge in [-0.3, -0.25) is 9.78 Å². The smallest absolute Gasteiger partial charge is 0.258 e. The van der Waals surface area contributed by atoms with Gasteiger partial charge in [0, 0.05) is 30.9 Å². The van der Waals surface area contributed by atoms with Crippen LogP contribution < -0.4 is 20.1 Å². The molecule has 4 rings (SSSR count). The number of aromatic nitrogens is 1. The van der Waals surface area contributed by atoms with E-state index in [1.165, 1.54) is 19.5 Å². The summed E-state index contributed by atoms with van der Waals surface area (Å²) in [6, 6.07) is 4.78. The SMILES string of the molecule is COc1cc(F)c(-c2c(F)ccc(C(=O)Nc3cnccc3O[C@H]3CCNC3)c2F)c(F)c1. The van der Waals surface area contributed by atoms with Gasteiger partial charge in [-0.2, -0.15) is 0 Å². The average molecular weight is 461 g/mol. The third-order valence-corrected chi connectivity index (χ3v) is 5.18. The maximum atomic E-state index is 15.2. The minimum absolute atomic E-state index is 0.113. The fourth-order valence-corrected chi connectivity index (χ4v) is 3.54. The number of anilines is 1. The minimum atomic E-state index is -1.41. The van der Waals surface area contributed by atoms with Gasteiger partial charge in [-0.1, -0.05) is 0 Å². The number of hydrogen-bond donors (Lipinski definition) is 2. The molecule has 0 unspecified atom stereocenters. The highest BCUT2D eigenvalue weighted by molar-refractivity contribution is 6.06. The van der Waals surface area contributed by atoms with E-state index in [0.717, 1.165) is 37.2 Å². The van der Waals surface area contributed by atoms with Gasteiger partial charge in [0.05, 0.1) is 30.0 Å². The summed E-state index contributed by atoms with van der Waals surface area (Å²) in [6.45, 7) is 1.42. The van der Waals surface area contributed by atoms with Crippen molar-refractivity contribution in [1.82, 2.24) is 10.3 Å². The molecule has 2 N–H and O–H groups in total. The molecule has 0 aliphatic carbocycles. The van der Waals surface area contributed by atoms with E-state index >= 15 is 4.39 Å². The number of rotatable bonds is 6. The van der Waals surface area contributed by atoms with E-state index in [2.05, 4.69) is 15.6 Å². The van der Waals surface area contributed by atoms with Crippen molar-refractivity contribution in [3.05, 3.63) is 71.6 Å². The Labute approximate surface area is 186 Å². The number of carbonyl (C=O) groups excluding carboxylic acids is 1. The van der Waals surface area contributed by atoms with E-state index < -0.39 is 45.9 Å². The molecule has 1 atom stereocenters. The molecule has 2 heterocycles. The Hall–Kier alpha value is -3.66. The third-order valence-electron chi connectivity index (χ3n) is 5.18. The number of ether oxygens (including phenoxy) is 2. The van der Waals surface area contributed by atoms with Crippen LogP contribution in [0.4, 0.5) is 23.2 Å². The predicted molar refractivity (Wildman–Crippen MR) is 112 cm³/mol. The summed E-state index contributed by atoms with van der Waals surface area (Å²) in [7, 11) is 1.19. The minimum Gasteiger partial charge on any atom is -0.497 e. The highest BCUT2D eigenvalue weighted by atomic mass is 19.1. The molecule has 0 spiro atoms. The molecule has 0 bridgehead atoms. The van der Waals surface area contributed by atoms with Crippen LogP contribution in [-0.4, -0.2) is 37.2 Å². The summed E-state index contributed by atoms with van der Waals surface area (Å²) in [4.78, 5) is 16.7. The molecular formula is C23H19F4N3O3. The van der Waals surface area contributed by atoms with Crippen LogP contribution in [0.5, 0.6) is 11.5 Å². The van der Waals surface area contributed by atoms with E-state index in [9.17, 15) is 18.0 Å². The Bertz CT molecular complexity index is 1180. The lowest BCUT2D eigenvalue weighted by Crippen LogP contribution is -2.21. The standard InChI is InChI=1S/C23H19F4N3O3/c1-32-13-8-16(25)20(17(26)9-13)21-15(24)3-2-14(22(21)27)23(31)30-18-11-29-7-5-19(18)33-12-4-6-28-10-12/h2-3,5,7-9,11-12,28H,4,6,10H2,1H3,(H,30,31)/t12-/m0/s1. The predicted octanol–water partition coefficient (Wildman–Crippen LogP) is 4.31. The van der Waals surface area contributed by atoms with Gasteiger partial charge < -0.3 is 20.1 Å². The zero-order valence-electron chi connectivity index (χ0n) is 17.4. The zero-order chi connectivity index (χ0) is 23.5. The molecule has 6 nitrogen and oxygen atoms in total. The van der Waals surface area contributed by atoms with E-state index in [-0.39, 0.29) is 17.5 Å². The lowest BCUT2D eigenvalue weighted by molar-refractivity contribution is 0.102. The summed E-state index contributed by atoms with van der Waals surface area (Å²) in [5.74, 6) is -5.93. The van der Waals surface area contributed by atoms with Gasteiger partial charge in [0.25, 0.3) is 5.91 Å². The number of benzene rings is 2. The Morgan fingerprint density at radius 3 is 2.52 bits per heavy atom. The number of nitrogens with zero attached hydrogens (tertiary/aromatic N) is 1. The third kappa shape index (κ3) is 4.61. The van der Waals surface area contributed by atoms with Crippen molar-refractivity contribution in [3.8, 4) is 22.6 Å². The van der Waals surface area contributed by atoms with E-state index in [1.54, 1.807) is 6.07 Å². The molecule has 172 valence electrons. The number of pyridine rings is 1. The van der Waals surface area contributed by atoms with E-state index in [0.29, 0.717) is 12.3 Å². The molecule has 1 saturated heterocycles. The van der Waals surface area contributed by atoms with Crippen LogP contribution in [0.15, 0.2) is 42.7 Å². The van der Waals surface area contributed by atoms with Crippen molar-refractivity contribution >= 4 is 11.6 Å². The van der Waals surface area contributed by atoms with Crippen molar-refractivity contribution in [2.24, 2.45) is 0 Å². The number of halogens is 4. The Morgan fingerprint density at radius 1 is 1.09 bits per heavy atom. The highest BCUT2D eigenvalue weighted by Gasteiger charge is 2.26. The lowest BCUT2D eigenvalue weighted by Gasteiger charge is -2.17. The molecule has 0 saturated carbocycles. The number of nitrogens with one attached hydrogen (secondary N) is 2. The molecule has 1 fully saturated rings. The fourth-order valence-electron chi connectivity index (χ4n) is 3.54. The van der Waals surface area contributed by atoms with Crippen LogP contribution in [0.1, 0.15) is 16.8 Å². The van der Waals surface area contributed by atoms with Crippen molar-refractivity contribution in [2.75, 3.05) is 25.5 Å². The van der Waals surface area contributed by atoms with Crippen LogP contribution in [0.25, 0.3) is 11.1 Å². The largest absolute Gasteiger partial charge is 0.497 e. The second kappa shape index (κ2) is 9.45. The van der Waals surface area contributed by atoms with Crippen molar-refractivity contribution in [2.45, 2.75) is 12.5 Å². The summed E-state index contributed by atoms with van der Waals surface area (Å²) in [6.07, 6.45) is 3.45. The molecule has 10 heteroatoms. The first-order valence-corrected chi connectivity index (χ1v) is 10.0. The van der Waals surface area contributed by atoms with E-state index in [1.807, 2.05) is 0 Å².